The van der Waals surface area contributed by atoms with Crippen LogP contribution in [0.3, 0.4) is 0 Å². The van der Waals surface area contributed by atoms with Crippen LogP contribution in [0.1, 0.15) is 33.6 Å². The largest absolute Gasteiger partial charge is 0.353 e. The quantitative estimate of drug-likeness (QED) is 0.525. The van der Waals surface area contributed by atoms with Crippen LogP contribution in [0.2, 0.25) is 0 Å². The van der Waals surface area contributed by atoms with Crippen molar-refractivity contribution >= 4 is 7.98 Å². The lowest BCUT2D eigenvalue weighted by molar-refractivity contribution is 0.355. The molecule has 0 aromatic heterocycles. The highest BCUT2D eigenvalue weighted by molar-refractivity contribution is 6.04. The molecule has 0 amide bonds. The Balaban J connectivity index is 3.41. The molecule has 0 fully saturated rings. The molecule has 10 heavy (non-hydrogen) atoms. The van der Waals surface area contributed by atoms with Crippen molar-refractivity contribution in [3.8, 4) is 0 Å². The maximum atomic E-state index is 5.66. The predicted octanol–water partition coefficient (Wildman–Crippen LogP) is 1.83. The Morgan fingerprint density at radius 1 is 1.20 bits per heavy atom. The lowest BCUT2D eigenvalue weighted by Crippen LogP contribution is -2.26. The van der Waals surface area contributed by atoms with Crippen LogP contribution in [0.25, 0.3) is 0 Å². The fourth-order valence-electron chi connectivity index (χ4n) is 1.01. The van der Waals surface area contributed by atoms with E-state index in [2.05, 4.69) is 20.8 Å². The molecule has 0 aromatic rings. The molecule has 58 valence electrons. The van der Waals surface area contributed by atoms with E-state index in [-0.39, 0.29) is 0 Å². The molecule has 2 radical (unpaired) electrons. The van der Waals surface area contributed by atoms with Crippen molar-refractivity contribution in [3.63, 3.8) is 0 Å². The smallest absolute Gasteiger partial charge is 0.182 e. The van der Waals surface area contributed by atoms with E-state index in [0.29, 0.717) is 0 Å². The highest BCUT2D eigenvalue weighted by Gasteiger charge is 2.04. The monoisotopic (exact) mass is 139 g/mol. The van der Waals surface area contributed by atoms with Crippen molar-refractivity contribution in [2.75, 3.05) is 13.1 Å². The minimum absolute atomic E-state index is 0.782. The van der Waals surface area contributed by atoms with Gasteiger partial charge in [-0.3, -0.25) is 0 Å². The van der Waals surface area contributed by atoms with Gasteiger partial charge in [0.2, 0.25) is 0 Å². The third-order valence-electron chi connectivity index (χ3n) is 2.05. The lowest BCUT2D eigenvalue weighted by atomic mass is 10.0. The minimum atomic E-state index is 0.782. The maximum Gasteiger partial charge on any atom is 0.182 e. The van der Waals surface area contributed by atoms with Crippen LogP contribution in [-0.4, -0.2) is 25.9 Å². The first-order valence-electron chi connectivity index (χ1n) is 4.24. The van der Waals surface area contributed by atoms with Crippen molar-refractivity contribution in [3.05, 3.63) is 0 Å². The summed E-state index contributed by atoms with van der Waals surface area (Å²) in [6, 6.07) is 0. The molecule has 0 unspecified atom stereocenters. The number of rotatable bonds is 5. The second-order valence-corrected chi connectivity index (χ2v) is 2.77. The fraction of sp³-hybridized carbons (Fsp3) is 1.00. The average molecular weight is 139 g/mol. The lowest BCUT2D eigenvalue weighted by Gasteiger charge is -2.20. The van der Waals surface area contributed by atoms with Crippen LogP contribution in [-0.2, 0) is 0 Å². The highest BCUT2D eigenvalue weighted by atomic mass is 15.0. The zero-order valence-electron chi connectivity index (χ0n) is 7.43. The number of hydrogen-bond donors (Lipinski definition) is 0. The summed E-state index contributed by atoms with van der Waals surface area (Å²) in [4.78, 5) is 1.89. The first-order valence-corrected chi connectivity index (χ1v) is 4.24. The zero-order valence-corrected chi connectivity index (χ0v) is 7.43. The van der Waals surface area contributed by atoms with E-state index >= 15 is 0 Å². The van der Waals surface area contributed by atoms with Crippen LogP contribution < -0.4 is 0 Å². The SMILES string of the molecule is [B]N(CC)CC(CC)CC. The normalized spacial score (nSPS) is 11.3. The number of nitrogens with zero attached hydrogens (tertiary/aromatic N) is 1. The molecule has 2 heteroatoms. The van der Waals surface area contributed by atoms with Crippen LogP contribution in [0.15, 0.2) is 0 Å². The molecule has 0 bridgehead atoms. The summed E-state index contributed by atoms with van der Waals surface area (Å²) in [5.41, 5.74) is 0. The van der Waals surface area contributed by atoms with Gasteiger partial charge in [-0.25, -0.2) is 0 Å². The summed E-state index contributed by atoms with van der Waals surface area (Å²) in [7, 11) is 5.66. The topological polar surface area (TPSA) is 3.24 Å². The van der Waals surface area contributed by atoms with Crippen LogP contribution in [0, 0.1) is 5.92 Å². The van der Waals surface area contributed by atoms with Crippen molar-refractivity contribution in [2.45, 2.75) is 33.6 Å². The molecule has 0 atom stereocenters. The van der Waals surface area contributed by atoms with Gasteiger partial charge < -0.3 is 4.81 Å². The maximum absolute atomic E-state index is 5.66. The van der Waals surface area contributed by atoms with Gasteiger partial charge in [0.15, 0.2) is 7.98 Å². The first-order chi connectivity index (χ1) is 4.74. The summed E-state index contributed by atoms with van der Waals surface area (Å²) in [6.45, 7) is 8.53. The molecule has 0 spiro atoms. The van der Waals surface area contributed by atoms with Crippen molar-refractivity contribution < 1.29 is 0 Å². The van der Waals surface area contributed by atoms with Crippen molar-refractivity contribution in [2.24, 2.45) is 5.92 Å². The summed E-state index contributed by atoms with van der Waals surface area (Å²) in [5, 5.41) is 0. The van der Waals surface area contributed by atoms with Gasteiger partial charge in [0.25, 0.3) is 0 Å². The van der Waals surface area contributed by atoms with E-state index in [1.807, 2.05) is 4.81 Å². The van der Waals surface area contributed by atoms with Crippen LogP contribution >= 0.6 is 0 Å². The van der Waals surface area contributed by atoms with Gasteiger partial charge in [-0.1, -0.05) is 33.6 Å². The fourth-order valence-corrected chi connectivity index (χ4v) is 1.01. The second-order valence-electron chi connectivity index (χ2n) is 2.77. The van der Waals surface area contributed by atoms with Crippen LogP contribution in [0.4, 0.5) is 0 Å². The molecule has 0 aromatic carbocycles. The first kappa shape index (κ1) is 10.0. The van der Waals surface area contributed by atoms with Crippen molar-refractivity contribution in [1.82, 2.24) is 4.81 Å². The van der Waals surface area contributed by atoms with E-state index in [4.69, 9.17) is 7.98 Å². The highest BCUT2D eigenvalue weighted by Crippen LogP contribution is 2.07. The molecule has 0 aliphatic heterocycles. The van der Waals surface area contributed by atoms with Gasteiger partial charge in [0.1, 0.15) is 0 Å². The summed E-state index contributed by atoms with van der Waals surface area (Å²) in [5.74, 6) is 0.782. The van der Waals surface area contributed by atoms with E-state index in [1.165, 1.54) is 12.8 Å². The Kier molecular flexibility index (Phi) is 5.80. The molecule has 0 saturated heterocycles. The summed E-state index contributed by atoms with van der Waals surface area (Å²) >= 11 is 0. The van der Waals surface area contributed by atoms with Crippen LogP contribution in [0.5, 0.6) is 0 Å². The summed E-state index contributed by atoms with van der Waals surface area (Å²) < 4.78 is 0. The predicted molar refractivity (Wildman–Crippen MR) is 47.1 cm³/mol. The van der Waals surface area contributed by atoms with Gasteiger partial charge in [-0.2, -0.15) is 0 Å². The van der Waals surface area contributed by atoms with Gasteiger partial charge in [-0.15, -0.1) is 0 Å². The summed E-state index contributed by atoms with van der Waals surface area (Å²) in [6.07, 6.45) is 2.48. The zero-order chi connectivity index (χ0) is 7.98. The second kappa shape index (κ2) is 5.78. The van der Waals surface area contributed by atoms with E-state index in [1.54, 1.807) is 0 Å². The molecule has 0 aliphatic rings. The van der Waals surface area contributed by atoms with Gasteiger partial charge in [-0.05, 0) is 19.0 Å². The average Bonchev–Trinajstić information content (AvgIpc) is 1.99. The molecule has 0 saturated carbocycles. The van der Waals surface area contributed by atoms with Gasteiger partial charge in [0.05, 0.1) is 0 Å². The molecule has 0 N–H and O–H groups in total. The molecule has 0 aliphatic carbocycles. The van der Waals surface area contributed by atoms with E-state index in [0.717, 1.165) is 19.0 Å². The minimum Gasteiger partial charge on any atom is -0.353 e. The molecular weight excluding hydrogens is 121 g/mol. The van der Waals surface area contributed by atoms with Gasteiger partial charge in [0, 0.05) is 0 Å². The standard InChI is InChI=1S/C8H18BN/c1-4-8(5-2)7-10(9)6-3/h8H,4-7H2,1-3H3. The molecular formula is C8H18BN. The van der Waals surface area contributed by atoms with E-state index in [9.17, 15) is 0 Å². The Morgan fingerprint density at radius 2 is 1.70 bits per heavy atom. The Morgan fingerprint density at radius 3 is 2.00 bits per heavy atom. The Hall–Kier alpha value is 0.0249. The molecule has 0 heterocycles. The van der Waals surface area contributed by atoms with E-state index < -0.39 is 0 Å². The molecule has 0 rings (SSSR count). The third kappa shape index (κ3) is 3.94. The van der Waals surface area contributed by atoms with Crippen molar-refractivity contribution in [1.29, 1.82) is 0 Å². The Bertz CT molecular complexity index is 71.7. The molecule has 1 nitrogen and oxygen atoms in total. The van der Waals surface area contributed by atoms with Gasteiger partial charge >= 0.3 is 0 Å². The number of hydrogen-bond acceptors (Lipinski definition) is 1. The Labute approximate surface area is 66.2 Å². The third-order valence-corrected chi connectivity index (χ3v) is 2.05.